The molecule has 3 aromatic carbocycles. The average molecular weight is 328 g/mol. The lowest BCUT2D eigenvalue weighted by molar-refractivity contribution is 0.626. The molecule has 1 atom stereocenters. The molecule has 0 fully saturated rings. The maximum atomic E-state index is 13.4. The van der Waals surface area contributed by atoms with Gasteiger partial charge < -0.3 is 10.3 Å². The number of nitrogens with one attached hydrogen (secondary N) is 2. The molecular weight excluding hydrogens is 311 g/mol. The fourth-order valence-electron chi connectivity index (χ4n) is 3.82. The van der Waals surface area contributed by atoms with Gasteiger partial charge in [0, 0.05) is 33.9 Å². The molecule has 2 N–H and O–H groups in total. The smallest absolute Gasteiger partial charge is 0.123 e. The van der Waals surface area contributed by atoms with E-state index in [1.54, 1.807) is 0 Å². The Morgan fingerprint density at radius 2 is 1.76 bits per heavy atom. The van der Waals surface area contributed by atoms with E-state index in [-0.39, 0.29) is 11.9 Å². The van der Waals surface area contributed by atoms with E-state index in [1.165, 1.54) is 39.8 Å². The molecule has 1 aliphatic rings. The molecule has 0 amide bonds. The van der Waals surface area contributed by atoms with Crippen molar-refractivity contribution in [2.45, 2.75) is 13.0 Å². The molecular formula is C22H17FN2. The zero-order valence-corrected chi connectivity index (χ0v) is 13.8. The highest BCUT2D eigenvalue weighted by atomic mass is 19.1. The number of aromatic amines is 1. The summed E-state index contributed by atoms with van der Waals surface area (Å²) >= 11 is 0. The van der Waals surface area contributed by atoms with Crippen molar-refractivity contribution >= 4 is 16.6 Å². The molecule has 4 aromatic rings. The van der Waals surface area contributed by atoms with Crippen molar-refractivity contribution in [3.8, 4) is 11.1 Å². The normalized spacial score (nSPS) is 15.5. The van der Waals surface area contributed by atoms with Gasteiger partial charge in [-0.25, -0.2) is 4.39 Å². The Balaban J connectivity index is 1.83. The monoisotopic (exact) mass is 328 g/mol. The van der Waals surface area contributed by atoms with Gasteiger partial charge in [0.2, 0.25) is 0 Å². The number of rotatable bonds is 1. The number of benzene rings is 3. The predicted octanol–water partition coefficient (Wildman–Crippen LogP) is 5.80. The lowest BCUT2D eigenvalue weighted by Crippen LogP contribution is -2.11. The summed E-state index contributed by atoms with van der Waals surface area (Å²) < 4.78 is 13.4. The van der Waals surface area contributed by atoms with Gasteiger partial charge >= 0.3 is 0 Å². The minimum atomic E-state index is -0.215. The van der Waals surface area contributed by atoms with Crippen LogP contribution in [0.1, 0.15) is 22.7 Å². The second kappa shape index (κ2) is 5.21. The van der Waals surface area contributed by atoms with Crippen LogP contribution < -0.4 is 5.32 Å². The highest BCUT2D eigenvalue weighted by Gasteiger charge is 2.25. The average Bonchev–Trinajstić information content (AvgIpc) is 2.99. The summed E-state index contributed by atoms with van der Waals surface area (Å²) in [4.78, 5) is 3.39. The SMILES string of the molecule is Cc1ccc2c(c1)-c1cccc3[nH]cc(c13)C(c1ccc(F)cc1)N2. The molecule has 0 aliphatic carbocycles. The van der Waals surface area contributed by atoms with Gasteiger partial charge in [-0.05, 0) is 48.4 Å². The maximum absolute atomic E-state index is 13.4. The van der Waals surface area contributed by atoms with Crippen LogP contribution in [-0.2, 0) is 0 Å². The molecule has 1 aromatic heterocycles. The van der Waals surface area contributed by atoms with Crippen LogP contribution in [0.4, 0.5) is 10.1 Å². The number of halogens is 1. The van der Waals surface area contributed by atoms with Crippen LogP contribution in [0.2, 0.25) is 0 Å². The van der Waals surface area contributed by atoms with Crippen molar-refractivity contribution in [2.24, 2.45) is 0 Å². The molecule has 1 aliphatic heterocycles. The molecule has 0 saturated carbocycles. The lowest BCUT2D eigenvalue weighted by atomic mass is 9.95. The first-order valence-electron chi connectivity index (χ1n) is 8.44. The van der Waals surface area contributed by atoms with E-state index in [0.29, 0.717) is 0 Å². The van der Waals surface area contributed by atoms with Crippen molar-refractivity contribution in [1.29, 1.82) is 0 Å². The Labute approximate surface area is 145 Å². The minimum Gasteiger partial charge on any atom is -0.374 e. The standard InChI is InChI=1S/C22H17FN2/c1-13-5-10-19-17(11-13)16-3-2-4-20-21(16)18(12-24-20)22(25-19)14-6-8-15(23)9-7-14/h2-12,22,24-25H,1H3. The fourth-order valence-corrected chi connectivity index (χ4v) is 3.82. The van der Waals surface area contributed by atoms with Gasteiger partial charge in [0.15, 0.2) is 0 Å². The zero-order valence-electron chi connectivity index (χ0n) is 13.8. The Morgan fingerprint density at radius 3 is 2.60 bits per heavy atom. The molecule has 0 radical (unpaired) electrons. The van der Waals surface area contributed by atoms with Gasteiger partial charge in [-0.2, -0.15) is 0 Å². The number of H-pyrrole nitrogens is 1. The molecule has 5 rings (SSSR count). The molecule has 3 heteroatoms. The largest absolute Gasteiger partial charge is 0.374 e. The Morgan fingerprint density at radius 1 is 0.920 bits per heavy atom. The Bertz CT molecular complexity index is 1090. The number of aromatic nitrogens is 1. The Kier molecular flexibility index (Phi) is 2.98. The minimum absolute atomic E-state index is 0.0283. The summed E-state index contributed by atoms with van der Waals surface area (Å²) in [5, 5.41) is 4.90. The predicted molar refractivity (Wildman–Crippen MR) is 100 cm³/mol. The van der Waals surface area contributed by atoms with Gasteiger partial charge in [-0.15, -0.1) is 0 Å². The Hall–Kier alpha value is -3.07. The van der Waals surface area contributed by atoms with E-state index < -0.39 is 0 Å². The van der Waals surface area contributed by atoms with Gasteiger partial charge in [-0.1, -0.05) is 35.9 Å². The number of hydrogen-bond acceptors (Lipinski definition) is 1. The highest BCUT2D eigenvalue weighted by molar-refractivity contribution is 6.02. The van der Waals surface area contributed by atoms with Crippen LogP contribution in [-0.4, -0.2) is 4.98 Å². The van der Waals surface area contributed by atoms with Crippen LogP contribution in [0.3, 0.4) is 0 Å². The summed E-state index contributed by atoms with van der Waals surface area (Å²) in [7, 11) is 0. The van der Waals surface area contributed by atoms with E-state index in [4.69, 9.17) is 0 Å². The van der Waals surface area contributed by atoms with Crippen molar-refractivity contribution in [3.63, 3.8) is 0 Å². The molecule has 0 bridgehead atoms. The molecule has 2 heterocycles. The first kappa shape index (κ1) is 14.3. The van der Waals surface area contributed by atoms with Crippen LogP contribution in [0.25, 0.3) is 22.0 Å². The van der Waals surface area contributed by atoms with Gasteiger partial charge in [0.25, 0.3) is 0 Å². The van der Waals surface area contributed by atoms with Gasteiger partial charge in [0.05, 0.1) is 6.04 Å². The molecule has 1 unspecified atom stereocenters. The van der Waals surface area contributed by atoms with Crippen molar-refractivity contribution in [2.75, 3.05) is 5.32 Å². The molecule has 0 saturated heterocycles. The summed E-state index contributed by atoms with van der Waals surface area (Å²) in [6, 6.07) is 19.6. The summed E-state index contributed by atoms with van der Waals surface area (Å²) in [6.45, 7) is 2.11. The number of hydrogen-bond donors (Lipinski definition) is 2. The summed E-state index contributed by atoms with van der Waals surface area (Å²) in [6.07, 6.45) is 2.06. The number of aryl methyl sites for hydroxylation is 1. The second-order valence-corrected chi connectivity index (χ2v) is 6.65. The third kappa shape index (κ3) is 2.16. The molecule has 2 nitrogen and oxygen atoms in total. The zero-order chi connectivity index (χ0) is 17.0. The molecule has 0 spiro atoms. The van der Waals surface area contributed by atoms with Crippen molar-refractivity contribution in [3.05, 3.63) is 89.4 Å². The van der Waals surface area contributed by atoms with E-state index in [1.807, 2.05) is 12.1 Å². The van der Waals surface area contributed by atoms with Gasteiger partial charge in [-0.3, -0.25) is 0 Å². The van der Waals surface area contributed by atoms with E-state index in [0.717, 1.165) is 16.8 Å². The summed E-state index contributed by atoms with van der Waals surface area (Å²) in [5.41, 5.74) is 8.12. The first-order chi connectivity index (χ1) is 12.2. The van der Waals surface area contributed by atoms with Crippen LogP contribution in [0, 0.1) is 12.7 Å². The van der Waals surface area contributed by atoms with E-state index in [2.05, 4.69) is 59.8 Å². The van der Waals surface area contributed by atoms with Crippen molar-refractivity contribution < 1.29 is 4.39 Å². The van der Waals surface area contributed by atoms with E-state index >= 15 is 0 Å². The van der Waals surface area contributed by atoms with Gasteiger partial charge in [0.1, 0.15) is 5.82 Å². The number of anilines is 1. The second-order valence-electron chi connectivity index (χ2n) is 6.65. The molecule has 122 valence electrons. The van der Waals surface area contributed by atoms with Crippen LogP contribution >= 0.6 is 0 Å². The highest BCUT2D eigenvalue weighted by Crippen LogP contribution is 2.44. The van der Waals surface area contributed by atoms with E-state index in [9.17, 15) is 4.39 Å². The lowest BCUT2D eigenvalue weighted by Gasteiger charge is -2.19. The molecule has 25 heavy (non-hydrogen) atoms. The fraction of sp³-hybridized carbons (Fsp3) is 0.0909. The topological polar surface area (TPSA) is 27.8 Å². The third-order valence-corrected chi connectivity index (χ3v) is 5.02. The summed E-state index contributed by atoms with van der Waals surface area (Å²) in [5.74, 6) is -0.215. The van der Waals surface area contributed by atoms with Crippen molar-refractivity contribution in [1.82, 2.24) is 4.98 Å². The third-order valence-electron chi connectivity index (χ3n) is 5.02. The number of fused-ring (bicyclic) bond motifs is 2. The first-order valence-corrected chi connectivity index (χ1v) is 8.44. The van der Waals surface area contributed by atoms with Crippen LogP contribution in [0.15, 0.2) is 66.9 Å². The maximum Gasteiger partial charge on any atom is 0.123 e. The van der Waals surface area contributed by atoms with Crippen LogP contribution in [0.5, 0.6) is 0 Å². The quantitative estimate of drug-likeness (QED) is 0.454.